The molecule has 25 heavy (non-hydrogen) atoms. The Morgan fingerprint density at radius 1 is 1.00 bits per heavy atom. The van der Waals surface area contributed by atoms with Gasteiger partial charge in [-0.25, -0.2) is 13.4 Å². The number of nitrogens with one attached hydrogen (secondary N) is 1. The lowest BCUT2D eigenvalue weighted by atomic mass is 10.0. The van der Waals surface area contributed by atoms with Crippen molar-refractivity contribution in [2.24, 2.45) is 0 Å². The molecule has 130 valence electrons. The van der Waals surface area contributed by atoms with Gasteiger partial charge in [0.15, 0.2) is 11.6 Å². The molecule has 1 heterocycles. The molecule has 0 aliphatic rings. The smallest absolute Gasteiger partial charge is 0.263 e. The zero-order chi connectivity index (χ0) is 18.4. The Hall–Kier alpha value is -2.51. The first-order valence-electron chi connectivity index (χ1n) is 7.30. The Morgan fingerprint density at radius 3 is 2.44 bits per heavy atom. The van der Waals surface area contributed by atoms with E-state index in [1.807, 2.05) is 0 Å². The minimum absolute atomic E-state index is 0.0327. The first-order chi connectivity index (χ1) is 11.7. The number of sulfonamides is 1. The number of rotatable bonds is 3. The van der Waals surface area contributed by atoms with Crippen LogP contribution in [0.4, 0.5) is 5.82 Å². The normalized spacial score (nSPS) is 11.6. The van der Waals surface area contributed by atoms with Crippen LogP contribution in [-0.2, 0) is 10.0 Å². The molecule has 0 aliphatic carbocycles. The zero-order valence-corrected chi connectivity index (χ0v) is 15.0. The highest BCUT2D eigenvalue weighted by Gasteiger charge is 2.19. The van der Waals surface area contributed by atoms with Crippen LogP contribution in [0, 0.1) is 13.8 Å². The first kappa shape index (κ1) is 17.3. The summed E-state index contributed by atoms with van der Waals surface area (Å²) in [5, 5.41) is 21.0. The second kappa shape index (κ2) is 6.09. The van der Waals surface area contributed by atoms with Crippen molar-refractivity contribution >= 4 is 38.2 Å². The highest BCUT2D eigenvalue weighted by atomic mass is 35.5. The molecule has 3 N–H and O–H groups in total. The standard InChI is InChI=1S/C17H15ClN2O4S/c1-9-3-6-15(21)17(19-9)20-25(23,24)11-4-5-12-10(2)16(22)8-14(18)13(12)7-11/h3-8,21-22H,1-2H3,(H,19,20). The number of phenols is 1. The van der Waals surface area contributed by atoms with Crippen LogP contribution in [0.15, 0.2) is 41.3 Å². The molecule has 2 aromatic carbocycles. The molecule has 3 aromatic rings. The minimum atomic E-state index is -3.98. The summed E-state index contributed by atoms with van der Waals surface area (Å²) < 4.78 is 27.5. The molecule has 0 bridgehead atoms. The van der Waals surface area contributed by atoms with Gasteiger partial charge in [-0.05, 0) is 55.1 Å². The van der Waals surface area contributed by atoms with Gasteiger partial charge in [0.05, 0.1) is 9.92 Å². The first-order valence-corrected chi connectivity index (χ1v) is 9.16. The summed E-state index contributed by atoms with van der Waals surface area (Å²) in [6.45, 7) is 3.40. The van der Waals surface area contributed by atoms with Gasteiger partial charge in [0.2, 0.25) is 0 Å². The predicted octanol–water partition coefficient (Wildman–Crippen LogP) is 3.72. The number of anilines is 1. The van der Waals surface area contributed by atoms with Crippen LogP contribution in [0.5, 0.6) is 11.5 Å². The second-order valence-electron chi connectivity index (χ2n) is 5.64. The molecule has 1 aromatic heterocycles. The Kier molecular flexibility index (Phi) is 4.22. The van der Waals surface area contributed by atoms with Crippen molar-refractivity contribution in [3.63, 3.8) is 0 Å². The van der Waals surface area contributed by atoms with Crippen molar-refractivity contribution in [3.05, 3.63) is 52.7 Å². The van der Waals surface area contributed by atoms with Crippen molar-refractivity contribution in [2.45, 2.75) is 18.7 Å². The van der Waals surface area contributed by atoms with Gasteiger partial charge in [0.25, 0.3) is 10.0 Å². The van der Waals surface area contributed by atoms with Crippen molar-refractivity contribution in [1.29, 1.82) is 0 Å². The van der Waals surface area contributed by atoms with Crippen LogP contribution in [0.25, 0.3) is 10.8 Å². The molecule has 6 nitrogen and oxygen atoms in total. The molecule has 0 unspecified atom stereocenters. The maximum atomic E-state index is 12.6. The quantitative estimate of drug-likeness (QED) is 0.645. The van der Waals surface area contributed by atoms with Gasteiger partial charge in [-0.1, -0.05) is 17.7 Å². The molecule has 3 rings (SSSR count). The molecule has 0 atom stereocenters. The van der Waals surface area contributed by atoms with E-state index in [4.69, 9.17) is 11.6 Å². The van der Waals surface area contributed by atoms with E-state index in [2.05, 4.69) is 9.71 Å². The summed E-state index contributed by atoms with van der Waals surface area (Å²) >= 11 is 6.13. The van der Waals surface area contributed by atoms with Crippen molar-refractivity contribution in [1.82, 2.24) is 4.98 Å². The number of hydrogen-bond acceptors (Lipinski definition) is 5. The van der Waals surface area contributed by atoms with Gasteiger partial charge in [0, 0.05) is 11.1 Å². The van der Waals surface area contributed by atoms with Crippen molar-refractivity contribution in [2.75, 3.05) is 4.72 Å². The number of fused-ring (bicyclic) bond motifs is 1. The number of phenolic OH excluding ortho intramolecular Hbond substituents is 1. The third kappa shape index (κ3) is 3.20. The molecule has 0 aliphatic heterocycles. The van der Waals surface area contributed by atoms with Crippen LogP contribution in [0.1, 0.15) is 11.3 Å². The average Bonchev–Trinajstić information content (AvgIpc) is 2.55. The number of pyridine rings is 1. The van der Waals surface area contributed by atoms with Crippen LogP contribution in [-0.4, -0.2) is 23.6 Å². The van der Waals surface area contributed by atoms with E-state index in [0.717, 1.165) is 0 Å². The van der Waals surface area contributed by atoms with E-state index in [0.29, 0.717) is 22.0 Å². The molecule has 0 saturated heterocycles. The maximum Gasteiger partial charge on any atom is 0.263 e. The van der Waals surface area contributed by atoms with Gasteiger partial charge < -0.3 is 10.2 Å². The summed E-state index contributed by atoms with van der Waals surface area (Å²) in [6.07, 6.45) is 0. The van der Waals surface area contributed by atoms with E-state index in [1.165, 1.54) is 24.3 Å². The third-order valence-corrected chi connectivity index (χ3v) is 5.50. The van der Waals surface area contributed by atoms with Crippen molar-refractivity contribution in [3.8, 4) is 11.5 Å². The van der Waals surface area contributed by atoms with E-state index in [-0.39, 0.29) is 27.2 Å². The summed E-state index contributed by atoms with van der Waals surface area (Å²) in [7, 11) is -3.98. The molecule has 0 radical (unpaired) electrons. The Balaban J connectivity index is 2.10. The summed E-state index contributed by atoms with van der Waals surface area (Å²) in [5.74, 6) is -0.373. The van der Waals surface area contributed by atoms with Gasteiger partial charge in [-0.2, -0.15) is 0 Å². The summed E-state index contributed by atoms with van der Waals surface area (Å²) in [5.41, 5.74) is 1.16. The Bertz CT molecular complexity index is 1100. The maximum absolute atomic E-state index is 12.6. The van der Waals surface area contributed by atoms with E-state index < -0.39 is 10.0 Å². The summed E-state index contributed by atoms with van der Waals surface area (Å²) in [6, 6.07) is 8.70. The Morgan fingerprint density at radius 2 is 1.72 bits per heavy atom. The van der Waals surface area contributed by atoms with Gasteiger partial charge in [-0.3, -0.25) is 4.72 Å². The topological polar surface area (TPSA) is 99.5 Å². The highest BCUT2D eigenvalue weighted by molar-refractivity contribution is 7.92. The average molecular weight is 379 g/mol. The predicted molar refractivity (Wildman–Crippen MR) is 96.8 cm³/mol. The zero-order valence-electron chi connectivity index (χ0n) is 13.4. The fourth-order valence-electron chi connectivity index (χ4n) is 2.47. The number of aromatic nitrogens is 1. The molecule has 0 fully saturated rings. The lowest BCUT2D eigenvalue weighted by molar-refractivity contribution is 0.472. The van der Waals surface area contributed by atoms with Crippen LogP contribution in [0.2, 0.25) is 5.02 Å². The van der Waals surface area contributed by atoms with Crippen molar-refractivity contribution < 1.29 is 18.6 Å². The van der Waals surface area contributed by atoms with Crippen LogP contribution < -0.4 is 4.72 Å². The molecule has 0 amide bonds. The van der Waals surface area contributed by atoms with Crippen LogP contribution in [0.3, 0.4) is 0 Å². The highest BCUT2D eigenvalue weighted by Crippen LogP contribution is 2.34. The van der Waals surface area contributed by atoms with E-state index in [1.54, 1.807) is 26.0 Å². The third-order valence-electron chi connectivity index (χ3n) is 3.85. The minimum Gasteiger partial charge on any atom is -0.508 e. The number of halogens is 1. The molecule has 0 saturated carbocycles. The Labute approximate surface area is 149 Å². The number of benzene rings is 2. The number of nitrogens with zero attached hydrogens (tertiary/aromatic N) is 1. The molecular formula is C17H15ClN2O4S. The fourth-order valence-corrected chi connectivity index (χ4v) is 3.77. The van der Waals surface area contributed by atoms with Gasteiger partial charge in [-0.15, -0.1) is 0 Å². The van der Waals surface area contributed by atoms with Crippen LogP contribution >= 0.6 is 11.6 Å². The lowest BCUT2D eigenvalue weighted by Gasteiger charge is -2.12. The summed E-state index contributed by atoms with van der Waals surface area (Å²) in [4.78, 5) is 3.96. The molecular weight excluding hydrogens is 364 g/mol. The number of aryl methyl sites for hydroxylation is 2. The van der Waals surface area contributed by atoms with E-state index >= 15 is 0 Å². The largest absolute Gasteiger partial charge is 0.508 e. The van der Waals surface area contributed by atoms with Gasteiger partial charge >= 0.3 is 0 Å². The lowest BCUT2D eigenvalue weighted by Crippen LogP contribution is -2.14. The van der Waals surface area contributed by atoms with E-state index in [9.17, 15) is 18.6 Å². The second-order valence-corrected chi connectivity index (χ2v) is 7.73. The molecule has 0 spiro atoms. The number of aromatic hydroxyl groups is 2. The monoisotopic (exact) mass is 378 g/mol. The molecule has 8 heteroatoms. The fraction of sp³-hybridized carbons (Fsp3) is 0.118. The SMILES string of the molecule is Cc1ccc(O)c(NS(=O)(=O)c2ccc3c(C)c(O)cc(Cl)c3c2)n1. The number of hydrogen-bond donors (Lipinski definition) is 3. The van der Waals surface area contributed by atoms with Gasteiger partial charge in [0.1, 0.15) is 5.75 Å².